The Hall–Kier alpha value is -5.08. The molecule has 0 spiro atoms. The molecule has 8 heteroatoms. The highest BCUT2D eigenvalue weighted by atomic mass is 32.1. The second-order valence-corrected chi connectivity index (χ2v) is 9.95. The van der Waals surface area contributed by atoms with Crippen LogP contribution < -0.4 is 14.5 Å². The fraction of sp³-hybridized carbons (Fsp3) is 0.0909. The number of hydrogen-bond acceptors (Lipinski definition) is 5. The van der Waals surface area contributed by atoms with E-state index in [1.54, 1.807) is 60.7 Å². The molecule has 0 radical (unpaired) electrons. The normalized spacial score (nSPS) is 14.5. The van der Waals surface area contributed by atoms with Gasteiger partial charge in [-0.1, -0.05) is 48.5 Å². The van der Waals surface area contributed by atoms with Gasteiger partial charge in [0.1, 0.15) is 17.9 Å². The average Bonchev–Trinajstić information content (AvgIpc) is 2.97. The van der Waals surface area contributed by atoms with Gasteiger partial charge in [0.25, 0.3) is 11.8 Å². The van der Waals surface area contributed by atoms with Gasteiger partial charge in [-0.05, 0) is 103 Å². The number of anilines is 2. The summed E-state index contributed by atoms with van der Waals surface area (Å²) in [6.07, 6.45) is 1.55. The van der Waals surface area contributed by atoms with Crippen LogP contribution in [0.3, 0.4) is 0 Å². The fourth-order valence-corrected chi connectivity index (χ4v) is 4.79. The summed E-state index contributed by atoms with van der Waals surface area (Å²) in [6.45, 7) is 4.13. The van der Waals surface area contributed by atoms with Gasteiger partial charge in [-0.15, -0.1) is 0 Å². The summed E-state index contributed by atoms with van der Waals surface area (Å²) in [5.41, 5.74) is 4.72. The third kappa shape index (κ3) is 5.78. The van der Waals surface area contributed by atoms with Crippen molar-refractivity contribution in [3.63, 3.8) is 0 Å². The molecule has 4 aromatic carbocycles. The number of nitrogens with zero attached hydrogens (tertiary/aromatic N) is 2. The topological polar surface area (TPSA) is 87.1 Å². The van der Waals surface area contributed by atoms with Crippen molar-refractivity contribution in [2.24, 2.45) is 0 Å². The fourth-order valence-electron chi connectivity index (χ4n) is 4.41. The summed E-state index contributed by atoms with van der Waals surface area (Å²) < 4.78 is 5.82. The van der Waals surface area contributed by atoms with Crippen LogP contribution in [0, 0.1) is 13.8 Å². The standard InChI is InChI=1S/C33H26N2O5S/c1-21-11-14-27(17-22(21)2)35-31(37)29(30(36)34(33(35)41)26-9-4-3-5-10-26)19-23-12-15-28(16-13-23)40-20-24-7-6-8-25(18-24)32(38)39/h3-19H,20H2,1-2H3,(H,38,39)/b29-19-. The molecule has 0 aromatic heterocycles. The number of thiocarbonyl (C=S) groups is 1. The maximum atomic E-state index is 13.8. The summed E-state index contributed by atoms with van der Waals surface area (Å²) in [4.78, 5) is 41.5. The monoisotopic (exact) mass is 562 g/mol. The number of carboxylic acids is 1. The zero-order valence-corrected chi connectivity index (χ0v) is 23.2. The van der Waals surface area contributed by atoms with Gasteiger partial charge in [0.2, 0.25) is 0 Å². The quantitative estimate of drug-likeness (QED) is 0.161. The number of ether oxygens (including phenoxy) is 1. The lowest BCUT2D eigenvalue weighted by atomic mass is 10.0. The molecule has 4 aromatic rings. The number of carbonyl (C=O) groups is 3. The molecule has 1 aliphatic rings. The minimum atomic E-state index is -1.00. The van der Waals surface area contributed by atoms with E-state index in [1.165, 1.54) is 15.9 Å². The first-order chi connectivity index (χ1) is 19.7. The number of benzene rings is 4. The van der Waals surface area contributed by atoms with E-state index < -0.39 is 17.8 Å². The van der Waals surface area contributed by atoms with Gasteiger partial charge in [-0.25, -0.2) is 4.79 Å². The highest BCUT2D eigenvalue weighted by molar-refractivity contribution is 7.81. The van der Waals surface area contributed by atoms with Gasteiger partial charge < -0.3 is 9.84 Å². The van der Waals surface area contributed by atoms with E-state index in [-0.39, 0.29) is 22.9 Å². The number of carboxylic acid groups (broad SMARTS) is 1. The molecule has 1 saturated heterocycles. The van der Waals surface area contributed by atoms with Gasteiger partial charge in [0.05, 0.1) is 16.9 Å². The van der Waals surface area contributed by atoms with Crippen LogP contribution in [0.25, 0.3) is 6.08 Å². The van der Waals surface area contributed by atoms with Crippen molar-refractivity contribution in [1.29, 1.82) is 0 Å². The Labute approximate surface area is 242 Å². The van der Waals surface area contributed by atoms with Crippen LogP contribution in [0.1, 0.15) is 32.6 Å². The first-order valence-corrected chi connectivity index (χ1v) is 13.3. The maximum absolute atomic E-state index is 13.8. The van der Waals surface area contributed by atoms with Crippen molar-refractivity contribution in [3.05, 3.63) is 130 Å². The zero-order valence-electron chi connectivity index (χ0n) is 22.4. The molecule has 1 N–H and O–H groups in total. The highest BCUT2D eigenvalue weighted by Gasteiger charge is 2.41. The van der Waals surface area contributed by atoms with Crippen LogP contribution in [-0.4, -0.2) is 28.0 Å². The molecule has 0 atom stereocenters. The first kappa shape index (κ1) is 27.5. The van der Waals surface area contributed by atoms with Crippen LogP contribution in [0.2, 0.25) is 0 Å². The van der Waals surface area contributed by atoms with Crippen molar-refractivity contribution < 1.29 is 24.2 Å². The summed E-state index contributed by atoms with van der Waals surface area (Å²) in [6, 6.07) is 28.1. The van der Waals surface area contributed by atoms with E-state index in [9.17, 15) is 19.5 Å². The molecule has 204 valence electrons. The summed E-state index contributed by atoms with van der Waals surface area (Å²) in [7, 11) is 0. The molecular weight excluding hydrogens is 536 g/mol. The number of rotatable bonds is 7. The SMILES string of the molecule is Cc1ccc(N2C(=O)/C(=C\c3ccc(OCc4cccc(C(=O)O)c4)cc3)C(=O)N(c3ccccc3)C2=S)cc1C. The van der Waals surface area contributed by atoms with Crippen LogP contribution in [0.4, 0.5) is 11.4 Å². The largest absolute Gasteiger partial charge is 0.489 e. The first-order valence-electron chi connectivity index (χ1n) is 12.8. The van der Waals surface area contributed by atoms with E-state index in [4.69, 9.17) is 17.0 Å². The zero-order chi connectivity index (χ0) is 29.1. The molecule has 1 aliphatic heterocycles. The number of carbonyl (C=O) groups excluding carboxylic acids is 2. The van der Waals surface area contributed by atoms with E-state index in [0.29, 0.717) is 22.7 Å². The van der Waals surface area contributed by atoms with E-state index in [0.717, 1.165) is 16.7 Å². The summed E-state index contributed by atoms with van der Waals surface area (Å²) in [5.74, 6) is -1.46. The lowest BCUT2D eigenvalue weighted by Crippen LogP contribution is -2.57. The maximum Gasteiger partial charge on any atom is 0.335 e. The molecule has 0 bridgehead atoms. The lowest BCUT2D eigenvalue weighted by Gasteiger charge is -2.36. The number of aromatic carboxylic acids is 1. The van der Waals surface area contributed by atoms with Gasteiger partial charge >= 0.3 is 5.97 Å². The Balaban J connectivity index is 1.44. The Bertz CT molecular complexity index is 1700. The number of hydrogen-bond donors (Lipinski definition) is 1. The Kier molecular flexibility index (Phi) is 7.76. The average molecular weight is 563 g/mol. The van der Waals surface area contributed by atoms with E-state index in [1.807, 2.05) is 50.2 Å². The van der Waals surface area contributed by atoms with Crippen LogP contribution >= 0.6 is 12.2 Å². The van der Waals surface area contributed by atoms with Gasteiger partial charge in [0.15, 0.2) is 5.11 Å². The molecule has 5 rings (SSSR count). The molecule has 0 saturated carbocycles. The van der Waals surface area contributed by atoms with Crippen molar-refractivity contribution in [1.82, 2.24) is 0 Å². The van der Waals surface area contributed by atoms with Gasteiger partial charge in [0, 0.05) is 0 Å². The molecule has 41 heavy (non-hydrogen) atoms. The third-order valence-electron chi connectivity index (χ3n) is 6.78. The molecule has 7 nitrogen and oxygen atoms in total. The minimum absolute atomic E-state index is 0.0279. The van der Waals surface area contributed by atoms with Crippen LogP contribution in [0.5, 0.6) is 5.75 Å². The summed E-state index contributed by atoms with van der Waals surface area (Å²) >= 11 is 5.70. The number of amides is 2. The number of para-hydroxylation sites is 1. The van der Waals surface area contributed by atoms with Gasteiger partial charge in [-0.3, -0.25) is 19.4 Å². The van der Waals surface area contributed by atoms with Crippen molar-refractivity contribution in [2.75, 3.05) is 9.80 Å². The predicted octanol–water partition coefficient (Wildman–Crippen LogP) is 6.33. The molecule has 2 amide bonds. The highest BCUT2D eigenvalue weighted by Crippen LogP contribution is 2.31. The van der Waals surface area contributed by atoms with E-state index >= 15 is 0 Å². The Morgan fingerprint density at radius 1 is 0.805 bits per heavy atom. The van der Waals surface area contributed by atoms with Crippen molar-refractivity contribution >= 4 is 52.6 Å². The molecular formula is C33H26N2O5S. The molecule has 0 unspecified atom stereocenters. The molecule has 1 fully saturated rings. The van der Waals surface area contributed by atoms with Crippen LogP contribution in [0.15, 0.2) is 103 Å². The lowest BCUT2D eigenvalue weighted by molar-refractivity contribution is -0.120. The summed E-state index contributed by atoms with van der Waals surface area (Å²) in [5, 5.41) is 9.28. The molecule has 0 aliphatic carbocycles. The minimum Gasteiger partial charge on any atom is -0.489 e. The third-order valence-corrected chi connectivity index (χ3v) is 7.15. The van der Waals surface area contributed by atoms with Crippen molar-refractivity contribution in [2.45, 2.75) is 20.5 Å². The second-order valence-electron chi connectivity index (χ2n) is 9.59. The predicted molar refractivity (Wildman–Crippen MR) is 162 cm³/mol. The van der Waals surface area contributed by atoms with Gasteiger partial charge in [-0.2, -0.15) is 0 Å². The molecule has 1 heterocycles. The van der Waals surface area contributed by atoms with Crippen molar-refractivity contribution in [3.8, 4) is 5.75 Å². The Morgan fingerprint density at radius 2 is 1.49 bits per heavy atom. The van der Waals surface area contributed by atoms with Crippen LogP contribution in [-0.2, 0) is 16.2 Å². The van der Waals surface area contributed by atoms with E-state index in [2.05, 4.69) is 0 Å². The number of aryl methyl sites for hydroxylation is 2. The Morgan fingerprint density at radius 3 is 2.15 bits per heavy atom. The smallest absolute Gasteiger partial charge is 0.335 e. The second kappa shape index (κ2) is 11.6.